The zero-order valence-electron chi connectivity index (χ0n) is 11.8. The number of nitro groups is 1. The molecule has 0 N–H and O–H groups in total. The van der Waals surface area contributed by atoms with Crippen molar-refractivity contribution in [3.8, 4) is 11.1 Å². The predicted octanol–water partition coefficient (Wildman–Crippen LogP) is 4.68. The van der Waals surface area contributed by atoms with Gasteiger partial charge < -0.3 is 0 Å². The van der Waals surface area contributed by atoms with Crippen LogP contribution in [0, 0.1) is 10.1 Å². The van der Waals surface area contributed by atoms with Crippen LogP contribution in [-0.4, -0.2) is 15.1 Å². The molecule has 0 saturated carbocycles. The zero-order chi connectivity index (χ0) is 18.6. The summed E-state index contributed by atoms with van der Waals surface area (Å²) in [7, 11) is 0. The highest BCUT2D eigenvalue weighted by atomic mass is 19.4. The van der Waals surface area contributed by atoms with Crippen LogP contribution < -0.4 is 0 Å². The molecule has 1 heterocycles. The summed E-state index contributed by atoms with van der Waals surface area (Å²) in [6, 6.07) is 6.06. The van der Waals surface area contributed by atoms with Gasteiger partial charge in [0.25, 0.3) is 5.69 Å². The summed E-state index contributed by atoms with van der Waals surface area (Å²) in [4.78, 5) is 10.2. The monoisotopic (exact) mass is 361 g/mol. The summed E-state index contributed by atoms with van der Waals surface area (Å²) in [5.74, 6) is 0. The van der Waals surface area contributed by atoms with Crippen LogP contribution in [0.3, 0.4) is 0 Å². The van der Waals surface area contributed by atoms with Crippen LogP contribution in [0.1, 0.15) is 11.4 Å². The van der Waals surface area contributed by atoms with Gasteiger partial charge in [-0.3, -0.25) is 10.1 Å². The van der Waals surface area contributed by atoms with E-state index in [1.54, 1.807) is 0 Å². The van der Waals surface area contributed by atoms with Crippen LogP contribution in [0.25, 0.3) is 21.9 Å². The van der Waals surface area contributed by atoms with Crippen molar-refractivity contribution in [2.24, 2.45) is 0 Å². The minimum Gasteiger partial charge on any atom is -0.258 e. The van der Waals surface area contributed by atoms with Crippen molar-refractivity contribution >= 4 is 16.5 Å². The first-order chi connectivity index (χ1) is 11.5. The van der Waals surface area contributed by atoms with Gasteiger partial charge in [-0.25, -0.2) is 0 Å². The van der Waals surface area contributed by atoms with E-state index in [1.165, 1.54) is 18.2 Å². The smallest absolute Gasteiger partial charge is 0.258 e. The van der Waals surface area contributed by atoms with Crippen LogP contribution in [0.4, 0.5) is 32.0 Å². The largest absolute Gasteiger partial charge is 0.436 e. The lowest BCUT2D eigenvalue weighted by molar-refractivity contribution is -0.382. The molecule has 0 fully saturated rings. The molecular weight excluding hydrogens is 356 g/mol. The third-order valence-electron chi connectivity index (χ3n) is 3.49. The van der Waals surface area contributed by atoms with Crippen LogP contribution in [-0.2, 0) is 12.4 Å². The number of hydrogen-bond acceptors (Lipinski definition) is 4. The van der Waals surface area contributed by atoms with Crippen molar-refractivity contribution in [3.05, 3.63) is 51.8 Å². The van der Waals surface area contributed by atoms with E-state index in [-0.39, 0.29) is 11.1 Å². The lowest BCUT2D eigenvalue weighted by Gasteiger charge is -2.11. The van der Waals surface area contributed by atoms with Crippen molar-refractivity contribution in [1.29, 1.82) is 0 Å². The Morgan fingerprint density at radius 1 is 0.800 bits per heavy atom. The molecule has 0 saturated heterocycles. The molecule has 0 aliphatic heterocycles. The Balaban J connectivity index is 2.67. The van der Waals surface area contributed by atoms with Crippen LogP contribution in [0.2, 0.25) is 0 Å². The molecule has 0 amide bonds. The number of alkyl halides is 6. The molecule has 11 heteroatoms. The fourth-order valence-corrected chi connectivity index (χ4v) is 2.62. The summed E-state index contributed by atoms with van der Waals surface area (Å²) in [6.07, 6.45) is -10.4. The van der Waals surface area contributed by atoms with E-state index in [0.717, 1.165) is 12.1 Å². The lowest BCUT2D eigenvalue weighted by atomic mass is 10.1. The molecule has 0 unspecified atom stereocenters. The van der Waals surface area contributed by atoms with E-state index < -0.39 is 45.1 Å². The fraction of sp³-hybridized carbons (Fsp3) is 0.143. The standard InChI is InChI=1S/C14H5F6N3O2/c15-13(16,17)11-8-6-4-2-1-3-5-7(6)10(23(24)25)9(8)12(22-21-11)14(18,19)20/h1-5H. The number of nitrogens with zero attached hydrogens (tertiary/aromatic N) is 3. The minimum absolute atomic E-state index is 0.362. The van der Waals surface area contributed by atoms with Gasteiger partial charge in [-0.15, -0.1) is 10.2 Å². The molecule has 25 heavy (non-hydrogen) atoms. The molecule has 0 aromatic carbocycles. The molecule has 0 bridgehead atoms. The average Bonchev–Trinajstić information content (AvgIpc) is 2.62. The maximum absolute atomic E-state index is 13.2. The van der Waals surface area contributed by atoms with Crippen molar-refractivity contribution in [3.63, 3.8) is 0 Å². The van der Waals surface area contributed by atoms with Crippen molar-refractivity contribution in [2.45, 2.75) is 12.4 Å². The molecule has 0 spiro atoms. The molecule has 2 aliphatic carbocycles. The maximum atomic E-state index is 13.2. The van der Waals surface area contributed by atoms with Gasteiger partial charge in [0.1, 0.15) is 0 Å². The maximum Gasteiger partial charge on any atom is 0.436 e. The van der Waals surface area contributed by atoms with Crippen LogP contribution in [0.15, 0.2) is 30.3 Å². The second-order valence-electron chi connectivity index (χ2n) is 4.99. The van der Waals surface area contributed by atoms with Crippen LogP contribution >= 0.6 is 0 Å². The molecule has 2 aliphatic rings. The van der Waals surface area contributed by atoms with E-state index in [2.05, 4.69) is 10.2 Å². The van der Waals surface area contributed by atoms with E-state index in [1.807, 2.05) is 0 Å². The number of hydrogen-bond donors (Lipinski definition) is 0. The van der Waals surface area contributed by atoms with Gasteiger partial charge in [-0.2, -0.15) is 26.3 Å². The van der Waals surface area contributed by atoms with Crippen molar-refractivity contribution < 1.29 is 31.3 Å². The normalized spacial score (nSPS) is 12.7. The summed E-state index contributed by atoms with van der Waals surface area (Å²) >= 11 is 0. The third-order valence-corrected chi connectivity index (χ3v) is 3.49. The van der Waals surface area contributed by atoms with Gasteiger partial charge in [0.05, 0.1) is 15.9 Å². The second-order valence-corrected chi connectivity index (χ2v) is 4.99. The summed E-state index contributed by atoms with van der Waals surface area (Å²) in [6.45, 7) is 0. The third kappa shape index (κ3) is 2.61. The highest BCUT2D eigenvalue weighted by Crippen LogP contribution is 2.50. The molecule has 1 aromatic rings. The number of rotatable bonds is 1. The van der Waals surface area contributed by atoms with Gasteiger partial charge >= 0.3 is 12.4 Å². The summed E-state index contributed by atoms with van der Waals surface area (Å²) in [5, 5.41) is 14.4. The predicted molar refractivity (Wildman–Crippen MR) is 72.8 cm³/mol. The van der Waals surface area contributed by atoms with Crippen molar-refractivity contribution in [2.75, 3.05) is 0 Å². The second kappa shape index (κ2) is 5.26. The topological polar surface area (TPSA) is 68.9 Å². The molecule has 0 radical (unpaired) electrons. The first kappa shape index (κ1) is 16.9. The number of halogens is 6. The Kier molecular flexibility index (Phi) is 3.55. The summed E-state index contributed by atoms with van der Waals surface area (Å²) in [5.41, 5.74) is -5.36. The molecular formula is C14H5F6N3O2. The van der Waals surface area contributed by atoms with Gasteiger partial charge in [0.15, 0.2) is 11.4 Å². The fourth-order valence-electron chi connectivity index (χ4n) is 2.62. The van der Waals surface area contributed by atoms with Gasteiger partial charge in [0, 0.05) is 5.39 Å². The Morgan fingerprint density at radius 2 is 1.28 bits per heavy atom. The zero-order valence-corrected chi connectivity index (χ0v) is 11.8. The van der Waals surface area contributed by atoms with Crippen molar-refractivity contribution in [1.82, 2.24) is 10.2 Å². The van der Waals surface area contributed by atoms with E-state index in [4.69, 9.17) is 0 Å². The Bertz CT molecular complexity index is 967. The SMILES string of the molecule is O=[N+]([O-])c1c2cccccc-2c2c(C(F)(F)F)nnc(C(F)(F)F)c12. The van der Waals surface area contributed by atoms with Gasteiger partial charge in [-0.1, -0.05) is 24.3 Å². The first-order valence-corrected chi connectivity index (χ1v) is 6.53. The molecule has 5 nitrogen and oxygen atoms in total. The molecule has 130 valence electrons. The Hall–Kier alpha value is -2.98. The van der Waals surface area contributed by atoms with Gasteiger partial charge in [-0.05, 0) is 11.6 Å². The Morgan fingerprint density at radius 3 is 1.76 bits per heavy atom. The van der Waals surface area contributed by atoms with E-state index in [0.29, 0.717) is 0 Å². The average molecular weight is 361 g/mol. The molecule has 1 aromatic heterocycles. The minimum atomic E-state index is -5.22. The first-order valence-electron chi connectivity index (χ1n) is 6.53. The highest BCUT2D eigenvalue weighted by molar-refractivity contribution is 6.13. The molecule has 0 atom stereocenters. The quantitative estimate of drug-likeness (QED) is 0.359. The van der Waals surface area contributed by atoms with Crippen LogP contribution in [0.5, 0.6) is 0 Å². The number of fused-ring (bicyclic) bond motifs is 3. The summed E-state index contributed by atoms with van der Waals surface area (Å²) < 4.78 is 79.2. The highest BCUT2D eigenvalue weighted by Gasteiger charge is 2.46. The lowest BCUT2D eigenvalue weighted by Crippen LogP contribution is -2.16. The van der Waals surface area contributed by atoms with E-state index in [9.17, 15) is 36.5 Å². The molecule has 3 rings (SSSR count). The Labute approximate surface area is 134 Å². The van der Waals surface area contributed by atoms with Gasteiger partial charge in [0.2, 0.25) is 0 Å². The number of aromatic nitrogens is 2. The van der Waals surface area contributed by atoms with E-state index >= 15 is 0 Å².